The van der Waals surface area contributed by atoms with Crippen molar-refractivity contribution in [2.75, 3.05) is 19.1 Å². The summed E-state index contributed by atoms with van der Waals surface area (Å²) in [4.78, 5) is 11.5. The van der Waals surface area contributed by atoms with E-state index in [-0.39, 0.29) is 11.3 Å². The summed E-state index contributed by atoms with van der Waals surface area (Å²) in [6.07, 6.45) is 1.11. The molecule has 0 aromatic heterocycles. The molecule has 0 amide bonds. The molecule has 0 aliphatic carbocycles. The number of carbonyl (C=O) groups is 1. The number of nitrogens with two attached hydrogens (primary N) is 1. The molecule has 0 radical (unpaired) electrons. The zero-order valence-electron chi connectivity index (χ0n) is 9.98. The lowest BCUT2D eigenvalue weighted by Gasteiger charge is -2.10. The molecule has 2 N–H and O–H groups in total. The van der Waals surface area contributed by atoms with Crippen LogP contribution in [0.3, 0.4) is 0 Å². The van der Waals surface area contributed by atoms with E-state index < -0.39 is 15.8 Å². The molecule has 1 rings (SSSR count). The minimum Gasteiger partial charge on any atom is -0.465 e. The molecule has 0 unspecified atom stereocenters. The number of esters is 1. The van der Waals surface area contributed by atoms with Gasteiger partial charge in [-0.2, -0.15) is 0 Å². The van der Waals surface area contributed by atoms with Crippen molar-refractivity contribution in [1.29, 1.82) is 0 Å². The molecule has 0 fully saturated rings. The monoisotopic (exact) mass is 257 g/mol. The number of ether oxygens (including phenoxy) is 1. The number of methoxy groups -OCH3 is 1. The minimum atomic E-state index is -3.22. The van der Waals surface area contributed by atoms with Gasteiger partial charge in [0.1, 0.15) is 0 Å². The normalized spacial score (nSPS) is 11.2. The van der Waals surface area contributed by atoms with Crippen molar-refractivity contribution in [3.05, 3.63) is 28.8 Å². The summed E-state index contributed by atoms with van der Waals surface area (Å²) in [7, 11) is -1.98. The SMILES string of the molecule is COC(=O)c1cc(N)c(C)cc1CS(C)(=O)=O. The maximum atomic E-state index is 11.5. The second-order valence-corrected chi connectivity index (χ2v) is 6.07. The van der Waals surface area contributed by atoms with Gasteiger partial charge < -0.3 is 10.5 Å². The van der Waals surface area contributed by atoms with Crippen LogP contribution in [0.2, 0.25) is 0 Å². The summed E-state index contributed by atoms with van der Waals surface area (Å²) in [5, 5.41) is 0. The Labute approximate surface area is 100 Å². The molecule has 0 aliphatic rings. The summed E-state index contributed by atoms with van der Waals surface area (Å²) in [6.45, 7) is 1.75. The van der Waals surface area contributed by atoms with Gasteiger partial charge in [0.15, 0.2) is 9.84 Å². The number of sulfone groups is 1. The molecule has 0 bridgehead atoms. The Morgan fingerprint density at radius 1 is 1.41 bits per heavy atom. The second kappa shape index (κ2) is 4.75. The molecule has 0 aliphatic heterocycles. The van der Waals surface area contributed by atoms with Crippen molar-refractivity contribution in [2.24, 2.45) is 0 Å². The van der Waals surface area contributed by atoms with Crippen molar-refractivity contribution >= 4 is 21.5 Å². The fourth-order valence-electron chi connectivity index (χ4n) is 1.49. The quantitative estimate of drug-likeness (QED) is 0.642. The highest BCUT2D eigenvalue weighted by molar-refractivity contribution is 7.89. The van der Waals surface area contributed by atoms with Crippen molar-refractivity contribution in [2.45, 2.75) is 12.7 Å². The Morgan fingerprint density at radius 3 is 2.47 bits per heavy atom. The van der Waals surface area contributed by atoms with Gasteiger partial charge in [-0.25, -0.2) is 13.2 Å². The smallest absolute Gasteiger partial charge is 0.338 e. The Balaban J connectivity index is 3.36. The maximum Gasteiger partial charge on any atom is 0.338 e. The molecule has 6 heteroatoms. The number of aryl methyl sites for hydroxylation is 1. The van der Waals surface area contributed by atoms with Gasteiger partial charge >= 0.3 is 5.97 Å². The maximum absolute atomic E-state index is 11.5. The summed E-state index contributed by atoms with van der Waals surface area (Å²) < 4.78 is 27.2. The second-order valence-electron chi connectivity index (χ2n) is 3.93. The van der Waals surface area contributed by atoms with Gasteiger partial charge in [-0.15, -0.1) is 0 Å². The molecular formula is C11H15NO4S. The lowest BCUT2D eigenvalue weighted by atomic mass is 10.0. The predicted molar refractivity (Wildman–Crippen MR) is 65.5 cm³/mol. The summed E-state index contributed by atoms with van der Waals surface area (Å²) in [5.74, 6) is -0.797. The van der Waals surface area contributed by atoms with Crippen molar-refractivity contribution in [1.82, 2.24) is 0 Å². The van der Waals surface area contributed by atoms with E-state index in [0.29, 0.717) is 11.3 Å². The van der Waals surface area contributed by atoms with Crippen LogP contribution in [0.25, 0.3) is 0 Å². The van der Waals surface area contributed by atoms with Crippen molar-refractivity contribution < 1.29 is 17.9 Å². The molecule has 94 valence electrons. The van der Waals surface area contributed by atoms with Crippen molar-refractivity contribution in [3.63, 3.8) is 0 Å². The average Bonchev–Trinajstić information content (AvgIpc) is 2.20. The minimum absolute atomic E-state index is 0.195. The summed E-state index contributed by atoms with van der Waals surface area (Å²) in [6, 6.07) is 3.05. The van der Waals surface area contributed by atoms with E-state index in [1.807, 2.05) is 0 Å². The van der Waals surface area contributed by atoms with E-state index in [1.54, 1.807) is 13.0 Å². The first-order chi connectivity index (χ1) is 7.74. The topological polar surface area (TPSA) is 86.5 Å². The van der Waals surface area contributed by atoms with E-state index >= 15 is 0 Å². The number of benzene rings is 1. The van der Waals surface area contributed by atoms with Crippen LogP contribution < -0.4 is 5.73 Å². The Kier molecular flexibility index (Phi) is 3.77. The van der Waals surface area contributed by atoms with Crippen LogP contribution in [-0.2, 0) is 20.3 Å². The fraction of sp³-hybridized carbons (Fsp3) is 0.364. The van der Waals surface area contributed by atoms with Gasteiger partial charge in [-0.05, 0) is 24.1 Å². The van der Waals surface area contributed by atoms with Crippen molar-refractivity contribution in [3.8, 4) is 0 Å². The summed E-state index contributed by atoms with van der Waals surface area (Å²) in [5.41, 5.74) is 7.46. The van der Waals surface area contributed by atoms with E-state index in [9.17, 15) is 13.2 Å². The standard InChI is InChI=1S/C11H15NO4S/c1-7-4-8(6-17(3,14)15)9(5-10(7)12)11(13)16-2/h4-5H,6,12H2,1-3H3. The van der Waals surface area contributed by atoms with Gasteiger partial charge in [0, 0.05) is 11.9 Å². The molecule has 17 heavy (non-hydrogen) atoms. The highest BCUT2D eigenvalue weighted by Crippen LogP contribution is 2.21. The first-order valence-electron chi connectivity index (χ1n) is 4.89. The molecular weight excluding hydrogens is 242 g/mol. The molecule has 0 saturated carbocycles. The first-order valence-corrected chi connectivity index (χ1v) is 6.95. The Bertz CT molecular complexity index is 549. The fourth-order valence-corrected chi connectivity index (χ4v) is 2.29. The number of rotatable bonds is 3. The third kappa shape index (κ3) is 3.45. The molecule has 0 atom stereocenters. The molecule has 0 heterocycles. The van der Waals surface area contributed by atoms with Gasteiger partial charge in [0.25, 0.3) is 0 Å². The zero-order valence-corrected chi connectivity index (χ0v) is 10.8. The lowest BCUT2D eigenvalue weighted by Crippen LogP contribution is -2.11. The Morgan fingerprint density at radius 2 is 2.00 bits per heavy atom. The average molecular weight is 257 g/mol. The Hall–Kier alpha value is -1.56. The van der Waals surface area contributed by atoms with Gasteiger partial charge in [-0.3, -0.25) is 0 Å². The van der Waals surface area contributed by atoms with Crippen LogP contribution in [0.1, 0.15) is 21.5 Å². The van der Waals surface area contributed by atoms with Crippen LogP contribution in [-0.4, -0.2) is 27.8 Å². The van der Waals surface area contributed by atoms with E-state index in [0.717, 1.165) is 11.8 Å². The third-order valence-corrected chi connectivity index (χ3v) is 3.15. The molecule has 0 spiro atoms. The highest BCUT2D eigenvalue weighted by atomic mass is 32.2. The third-order valence-electron chi connectivity index (χ3n) is 2.31. The zero-order chi connectivity index (χ0) is 13.2. The van der Waals surface area contributed by atoms with Gasteiger partial charge in [0.05, 0.1) is 18.4 Å². The summed E-state index contributed by atoms with van der Waals surface area (Å²) >= 11 is 0. The van der Waals surface area contributed by atoms with E-state index in [1.165, 1.54) is 13.2 Å². The lowest BCUT2D eigenvalue weighted by molar-refractivity contribution is 0.0600. The van der Waals surface area contributed by atoms with Crippen LogP contribution in [0.5, 0.6) is 0 Å². The van der Waals surface area contributed by atoms with Crippen LogP contribution in [0.15, 0.2) is 12.1 Å². The molecule has 0 saturated heterocycles. The van der Waals surface area contributed by atoms with Crippen LogP contribution in [0.4, 0.5) is 5.69 Å². The molecule has 5 nitrogen and oxygen atoms in total. The number of anilines is 1. The highest BCUT2D eigenvalue weighted by Gasteiger charge is 2.17. The van der Waals surface area contributed by atoms with E-state index in [2.05, 4.69) is 4.74 Å². The van der Waals surface area contributed by atoms with Crippen LogP contribution >= 0.6 is 0 Å². The van der Waals surface area contributed by atoms with Gasteiger partial charge in [-0.1, -0.05) is 6.07 Å². The van der Waals surface area contributed by atoms with Crippen LogP contribution in [0, 0.1) is 6.92 Å². The first kappa shape index (κ1) is 13.5. The van der Waals surface area contributed by atoms with Gasteiger partial charge in [0.2, 0.25) is 0 Å². The number of carbonyl (C=O) groups excluding carboxylic acids is 1. The number of hydrogen-bond acceptors (Lipinski definition) is 5. The predicted octanol–water partition coefficient (Wildman–Crippen LogP) is 0.908. The number of nitrogen functional groups attached to an aromatic ring is 1. The molecule has 1 aromatic carbocycles. The molecule has 1 aromatic rings. The van der Waals surface area contributed by atoms with E-state index in [4.69, 9.17) is 5.73 Å². The number of hydrogen-bond donors (Lipinski definition) is 1. The largest absolute Gasteiger partial charge is 0.465 e.